The van der Waals surface area contributed by atoms with Crippen LogP contribution in [0.2, 0.25) is 0 Å². The molecule has 0 unspecified atom stereocenters. The summed E-state index contributed by atoms with van der Waals surface area (Å²) in [6, 6.07) is 0. The summed E-state index contributed by atoms with van der Waals surface area (Å²) in [5.74, 6) is -0.368. The number of amides is 1. The highest BCUT2D eigenvalue weighted by molar-refractivity contribution is 6.37. The maximum atomic E-state index is 10.3. The first kappa shape index (κ1) is 6.94. The van der Waals surface area contributed by atoms with Crippen LogP contribution in [0.5, 0.6) is 0 Å². The Morgan fingerprint density at radius 1 is 1.75 bits per heavy atom. The molecule has 0 heterocycles. The zero-order chi connectivity index (χ0) is 6.57. The van der Waals surface area contributed by atoms with Crippen LogP contribution in [-0.4, -0.2) is 23.9 Å². The van der Waals surface area contributed by atoms with Crippen LogP contribution in [0.15, 0.2) is 5.16 Å². The summed E-state index contributed by atoms with van der Waals surface area (Å²) in [4.78, 5) is 10.3. The van der Waals surface area contributed by atoms with Crippen molar-refractivity contribution in [3.63, 3.8) is 0 Å². The molecule has 0 atom stereocenters. The Morgan fingerprint density at radius 3 is 2.38 bits per heavy atom. The van der Waals surface area contributed by atoms with E-state index in [-0.39, 0.29) is 11.6 Å². The van der Waals surface area contributed by atoms with Crippen LogP contribution < -0.4 is 5.32 Å². The average Bonchev–Trinajstić information content (AvgIpc) is 1.84. The molecular formula is C4H8N2O2. The molecule has 4 heteroatoms. The topological polar surface area (TPSA) is 61.7 Å². The predicted molar refractivity (Wildman–Crippen MR) is 29.0 cm³/mol. The Bertz CT molecular complexity index is 119. The molecule has 8 heavy (non-hydrogen) atoms. The molecule has 0 aromatic rings. The van der Waals surface area contributed by atoms with Gasteiger partial charge in [0.1, 0.15) is 5.71 Å². The molecule has 4 nitrogen and oxygen atoms in total. The largest absolute Gasteiger partial charge is 0.410 e. The molecule has 0 aromatic carbocycles. The predicted octanol–water partition coefficient (Wildman–Crippen LogP) is -0.418. The minimum Gasteiger partial charge on any atom is -0.410 e. The first-order valence-electron chi connectivity index (χ1n) is 2.13. The third-order valence-electron chi connectivity index (χ3n) is 0.706. The minimum atomic E-state index is -0.368. The molecule has 0 bridgehead atoms. The highest BCUT2D eigenvalue weighted by Gasteiger charge is 1.99. The zero-order valence-electron chi connectivity index (χ0n) is 4.80. The quantitative estimate of drug-likeness (QED) is 0.278. The van der Waals surface area contributed by atoms with Crippen LogP contribution in [0.25, 0.3) is 0 Å². The summed E-state index contributed by atoms with van der Waals surface area (Å²) < 4.78 is 0. The van der Waals surface area contributed by atoms with Crippen LogP contribution >= 0.6 is 0 Å². The first-order valence-corrected chi connectivity index (χ1v) is 2.13. The fraction of sp³-hybridized carbons (Fsp3) is 0.500. The van der Waals surface area contributed by atoms with Crippen LogP contribution in [-0.2, 0) is 4.79 Å². The van der Waals surface area contributed by atoms with Gasteiger partial charge < -0.3 is 10.5 Å². The van der Waals surface area contributed by atoms with Crippen LogP contribution in [0, 0.1) is 0 Å². The lowest BCUT2D eigenvalue weighted by Gasteiger charge is -1.91. The van der Waals surface area contributed by atoms with Gasteiger partial charge in [0.15, 0.2) is 0 Å². The molecule has 0 rings (SSSR count). The highest BCUT2D eigenvalue weighted by Crippen LogP contribution is 1.71. The van der Waals surface area contributed by atoms with E-state index in [2.05, 4.69) is 10.5 Å². The second kappa shape index (κ2) is 3.01. The van der Waals surface area contributed by atoms with Crippen molar-refractivity contribution in [1.29, 1.82) is 0 Å². The molecule has 0 saturated carbocycles. The van der Waals surface area contributed by atoms with Crippen LogP contribution in [0.1, 0.15) is 6.92 Å². The van der Waals surface area contributed by atoms with Gasteiger partial charge in [-0.3, -0.25) is 4.79 Å². The van der Waals surface area contributed by atoms with Gasteiger partial charge in [0.2, 0.25) is 0 Å². The molecule has 0 fully saturated rings. The summed E-state index contributed by atoms with van der Waals surface area (Å²) in [6.07, 6.45) is 0. The smallest absolute Gasteiger partial charge is 0.268 e. The van der Waals surface area contributed by atoms with Crippen molar-refractivity contribution >= 4 is 11.6 Å². The highest BCUT2D eigenvalue weighted by atomic mass is 16.4. The Labute approximate surface area is 47.2 Å². The minimum absolute atomic E-state index is 0.0625. The van der Waals surface area contributed by atoms with Gasteiger partial charge in [-0.2, -0.15) is 0 Å². The third kappa shape index (κ3) is 1.59. The van der Waals surface area contributed by atoms with Crippen molar-refractivity contribution in [3.05, 3.63) is 0 Å². The maximum absolute atomic E-state index is 10.3. The van der Waals surface area contributed by atoms with Gasteiger partial charge in [-0.15, -0.1) is 0 Å². The third-order valence-corrected chi connectivity index (χ3v) is 0.706. The van der Waals surface area contributed by atoms with Gasteiger partial charge in [0, 0.05) is 7.05 Å². The molecule has 0 saturated heterocycles. The Balaban J connectivity index is 3.83. The number of nitrogens with one attached hydrogen (secondary N) is 1. The number of oxime groups is 1. The molecule has 46 valence electrons. The van der Waals surface area contributed by atoms with Crippen LogP contribution in [0.3, 0.4) is 0 Å². The van der Waals surface area contributed by atoms with E-state index in [0.717, 1.165) is 0 Å². The number of hydrogen-bond acceptors (Lipinski definition) is 3. The molecule has 0 aliphatic heterocycles. The molecule has 0 spiro atoms. The van der Waals surface area contributed by atoms with Crippen LogP contribution in [0.4, 0.5) is 0 Å². The molecule has 0 aliphatic rings. The Kier molecular flexibility index (Phi) is 2.61. The van der Waals surface area contributed by atoms with Gasteiger partial charge in [-0.25, -0.2) is 0 Å². The van der Waals surface area contributed by atoms with E-state index < -0.39 is 0 Å². The van der Waals surface area contributed by atoms with Crippen molar-refractivity contribution in [1.82, 2.24) is 5.32 Å². The van der Waals surface area contributed by atoms with Gasteiger partial charge in [-0.05, 0) is 6.92 Å². The van der Waals surface area contributed by atoms with E-state index in [9.17, 15) is 4.79 Å². The number of nitrogens with zero attached hydrogens (tertiary/aromatic N) is 1. The summed E-state index contributed by atoms with van der Waals surface area (Å²) in [5, 5.41) is 12.9. The van der Waals surface area contributed by atoms with E-state index in [1.807, 2.05) is 0 Å². The van der Waals surface area contributed by atoms with Gasteiger partial charge in [0.05, 0.1) is 0 Å². The fourth-order valence-corrected chi connectivity index (χ4v) is 0.226. The number of hydrogen-bond donors (Lipinski definition) is 2. The van der Waals surface area contributed by atoms with Gasteiger partial charge in [-0.1, -0.05) is 5.16 Å². The fourth-order valence-electron chi connectivity index (χ4n) is 0.226. The van der Waals surface area contributed by atoms with Crippen molar-refractivity contribution in [3.8, 4) is 0 Å². The molecule has 0 radical (unpaired) electrons. The molecule has 0 aromatic heterocycles. The number of rotatable bonds is 1. The Morgan fingerprint density at radius 2 is 2.25 bits per heavy atom. The van der Waals surface area contributed by atoms with Crippen molar-refractivity contribution in [2.75, 3.05) is 7.05 Å². The standard InChI is InChI=1S/C4H8N2O2/c1-3(6-8)4(7)5-2/h8H,1-2H3,(H,5,7). The first-order chi connectivity index (χ1) is 3.72. The monoisotopic (exact) mass is 116 g/mol. The van der Waals surface area contributed by atoms with Gasteiger partial charge in [0.25, 0.3) is 5.91 Å². The lowest BCUT2D eigenvalue weighted by molar-refractivity contribution is -0.114. The summed E-state index contributed by atoms with van der Waals surface area (Å²) >= 11 is 0. The molecular weight excluding hydrogens is 108 g/mol. The molecule has 1 amide bonds. The van der Waals surface area contributed by atoms with E-state index >= 15 is 0 Å². The second-order valence-corrected chi connectivity index (χ2v) is 1.26. The summed E-state index contributed by atoms with van der Waals surface area (Å²) in [7, 11) is 1.47. The van der Waals surface area contributed by atoms with Gasteiger partial charge >= 0.3 is 0 Å². The summed E-state index contributed by atoms with van der Waals surface area (Å²) in [5.41, 5.74) is 0.0625. The summed E-state index contributed by atoms with van der Waals surface area (Å²) in [6.45, 7) is 1.42. The van der Waals surface area contributed by atoms with E-state index in [1.165, 1.54) is 14.0 Å². The van der Waals surface area contributed by atoms with E-state index in [1.54, 1.807) is 0 Å². The second-order valence-electron chi connectivity index (χ2n) is 1.26. The number of carbonyl (C=O) groups excluding carboxylic acids is 1. The zero-order valence-corrected chi connectivity index (χ0v) is 4.80. The van der Waals surface area contributed by atoms with Crippen molar-refractivity contribution in [2.45, 2.75) is 6.92 Å². The van der Waals surface area contributed by atoms with E-state index in [0.29, 0.717) is 0 Å². The normalized spacial score (nSPS) is 11.0. The molecule has 0 aliphatic carbocycles. The number of carbonyl (C=O) groups is 1. The maximum Gasteiger partial charge on any atom is 0.268 e. The average molecular weight is 116 g/mol. The lowest BCUT2D eigenvalue weighted by Crippen LogP contribution is -2.25. The Hall–Kier alpha value is -1.06. The van der Waals surface area contributed by atoms with Crippen molar-refractivity contribution in [2.24, 2.45) is 5.16 Å². The molecule has 2 N–H and O–H groups in total. The van der Waals surface area contributed by atoms with Crippen molar-refractivity contribution < 1.29 is 10.0 Å². The SMILES string of the molecule is CNC(=O)C(C)=NO. The lowest BCUT2D eigenvalue weighted by atomic mass is 10.4. The van der Waals surface area contributed by atoms with E-state index in [4.69, 9.17) is 5.21 Å².